The predicted molar refractivity (Wildman–Crippen MR) is 61.8 cm³/mol. The number of hydrogen-bond acceptors (Lipinski definition) is 5. The summed E-state index contributed by atoms with van der Waals surface area (Å²) in [5.41, 5.74) is -0.380. The quantitative estimate of drug-likeness (QED) is 0.602. The molecule has 1 aliphatic rings. The zero-order valence-electron chi connectivity index (χ0n) is 9.01. The lowest BCUT2D eigenvalue weighted by Crippen LogP contribution is -2.48. The molecular weight excluding hydrogens is 246 g/mol. The van der Waals surface area contributed by atoms with Gasteiger partial charge < -0.3 is 5.32 Å². The van der Waals surface area contributed by atoms with Crippen LogP contribution in [-0.2, 0) is 10.2 Å². The molecule has 94 valence electrons. The van der Waals surface area contributed by atoms with Crippen molar-refractivity contribution in [1.82, 2.24) is 19.8 Å². The Morgan fingerprint density at radius 2 is 2.00 bits per heavy atom. The fraction of sp³-hybridized carbons (Fsp3) is 0.500. The zero-order valence-corrected chi connectivity index (χ0v) is 9.83. The average Bonchev–Trinajstić information content (AvgIpc) is 2.33. The normalized spacial score (nSPS) is 17.9. The first-order chi connectivity index (χ1) is 8.08. The molecule has 0 amide bonds. The third kappa shape index (κ3) is 3.02. The Hall–Kier alpha value is -1.45. The Bertz CT molecular complexity index is 514. The number of nitrogens with one attached hydrogen (secondary N) is 3. The van der Waals surface area contributed by atoms with Crippen LogP contribution >= 0.6 is 0 Å². The average molecular weight is 259 g/mol. The van der Waals surface area contributed by atoms with E-state index in [1.54, 1.807) is 0 Å². The largest absolute Gasteiger partial charge is 0.314 e. The second kappa shape index (κ2) is 4.82. The number of piperazine rings is 1. The van der Waals surface area contributed by atoms with Crippen LogP contribution in [0.4, 0.5) is 5.82 Å². The van der Waals surface area contributed by atoms with E-state index in [1.165, 1.54) is 16.4 Å². The molecule has 2 rings (SSSR count). The number of aromatic nitrogens is 2. The number of hydrogen-bond donors (Lipinski definition) is 3. The Morgan fingerprint density at radius 1 is 1.29 bits per heavy atom. The molecular formula is C8H13N5O3S. The van der Waals surface area contributed by atoms with Crippen molar-refractivity contribution in [2.24, 2.45) is 0 Å². The molecule has 1 aromatic rings. The third-order valence-corrected chi connectivity index (χ3v) is 3.84. The van der Waals surface area contributed by atoms with E-state index in [2.05, 4.69) is 20.2 Å². The van der Waals surface area contributed by atoms with Crippen molar-refractivity contribution in [2.45, 2.75) is 0 Å². The van der Waals surface area contributed by atoms with Gasteiger partial charge in [0.25, 0.3) is 5.56 Å². The summed E-state index contributed by atoms with van der Waals surface area (Å²) < 4.78 is 27.4. The van der Waals surface area contributed by atoms with Crippen molar-refractivity contribution in [3.63, 3.8) is 0 Å². The molecule has 1 aliphatic heterocycles. The molecule has 0 atom stereocenters. The van der Waals surface area contributed by atoms with Gasteiger partial charge in [-0.3, -0.25) is 9.52 Å². The van der Waals surface area contributed by atoms with Gasteiger partial charge in [-0.1, -0.05) is 0 Å². The van der Waals surface area contributed by atoms with Crippen molar-refractivity contribution in [1.29, 1.82) is 0 Å². The molecule has 1 aromatic heterocycles. The molecule has 1 saturated heterocycles. The smallest absolute Gasteiger partial charge is 0.302 e. The fourth-order valence-corrected chi connectivity index (χ4v) is 2.65. The lowest BCUT2D eigenvalue weighted by atomic mass is 10.4. The summed E-state index contributed by atoms with van der Waals surface area (Å²) in [5, 5.41) is 8.81. The fourth-order valence-electron chi connectivity index (χ4n) is 1.48. The van der Waals surface area contributed by atoms with E-state index < -0.39 is 10.2 Å². The summed E-state index contributed by atoms with van der Waals surface area (Å²) in [6, 6.07) is 2.53. The van der Waals surface area contributed by atoms with Crippen molar-refractivity contribution in [2.75, 3.05) is 30.9 Å². The summed E-state index contributed by atoms with van der Waals surface area (Å²) in [5.74, 6) is 0.100. The van der Waals surface area contributed by atoms with Crippen LogP contribution in [0.2, 0.25) is 0 Å². The number of nitrogens with zero attached hydrogens (tertiary/aromatic N) is 2. The van der Waals surface area contributed by atoms with Gasteiger partial charge in [0, 0.05) is 32.2 Å². The van der Waals surface area contributed by atoms with Crippen LogP contribution in [0, 0.1) is 0 Å². The van der Waals surface area contributed by atoms with Gasteiger partial charge in [0.1, 0.15) is 0 Å². The summed E-state index contributed by atoms with van der Waals surface area (Å²) in [6.45, 7) is 2.08. The molecule has 9 heteroatoms. The molecule has 8 nitrogen and oxygen atoms in total. The third-order valence-electron chi connectivity index (χ3n) is 2.33. The topological polar surface area (TPSA) is 107 Å². The van der Waals surface area contributed by atoms with Crippen LogP contribution in [-0.4, -0.2) is 49.1 Å². The molecule has 0 bridgehead atoms. The van der Waals surface area contributed by atoms with Crippen LogP contribution in [0.5, 0.6) is 0 Å². The molecule has 1 fully saturated rings. The highest BCUT2D eigenvalue weighted by Gasteiger charge is 2.23. The van der Waals surface area contributed by atoms with Gasteiger partial charge in [0.15, 0.2) is 5.82 Å². The van der Waals surface area contributed by atoms with E-state index in [0.717, 1.165) is 0 Å². The zero-order chi connectivity index (χ0) is 12.3. The van der Waals surface area contributed by atoms with Gasteiger partial charge in [0.05, 0.1) is 0 Å². The monoisotopic (exact) mass is 259 g/mol. The van der Waals surface area contributed by atoms with E-state index in [1.807, 2.05) is 0 Å². The minimum absolute atomic E-state index is 0.100. The van der Waals surface area contributed by atoms with Gasteiger partial charge in [-0.25, -0.2) is 5.10 Å². The molecule has 0 aromatic carbocycles. The van der Waals surface area contributed by atoms with Crippen molar-refractivity contribution in [3.8, 4) is 0 Å². The SMILES string of the molecule is O=c1ccc(NS(=O)(=O)N2CCNCC2)n[nH]1. The number of H-pyrrole nitrogens is 1. The van der Waals surface area contributed by atoms with Gasteiger partial charge in [-0.05, 0) is 6.07 Å². The lowest BCUT2D eigenvalue weighted by Gasteiger charge is -2.26. The minimum Gasteiger partial charge on any atom is -0.314 e. The second-order valence-corrected chi connectivity index (χ2v) is 5.23. The molecule has 0 radical (unpaired) electrons. The standard InChI is InChI=1S/C8H13N5O3S/c14-8-2-1-7(10-11-8)12-17(15,16)13-5-3-9-4-6-13/h1-2,9H,3-6H2,(H,10,12)(H,11,14). The molecule has 2 heterocycles. The predicted octanol–water partition coefficient (Wildman–Crippen LogP) is -1.67. The minimum atomic E-state index is -3.59. The van der Waals surface area contributed by atoms with Crippen LogP contribution < -0.4 is 15.6 Å². The van der Waals surface area contributed by atoms with Gasteiger partial charge in [-0.15, -0.1) is 0 Å². The Morgan fingerprint density at radius 3 is 2.59 bits per heavy atom. The molecule has 0 saturated carbocycles. The van der Waals surface area contributed by atoms with Crippen LogP contribution in [0.25, 0.3) is 0 Å². The summed E-state index contributed by atoms with van der Waals surface area (Å²) in [6.07, 6.45) is 0. The first kappa shape index (κ1) is 12.0. The highest BCUT2D eigenvalue weighted by Crippen LogP contribution is 2.07. The first-order valence-electron chi connectivity index (χ1n) is 5.12. The van der Waals surface area contributed by atoms with Gasteiger partial charge in [-0.2, -0.15) is 17.8 Å². The van der Waals surface area contributed by atoms with E-state index in [9.17, 15) is 13.2 Å². The number of anilines is 1. The van der Waals surface area contributed by atoms with Crippen LogP contribution in [0.1, 0.15) is 0 Å². The number of aromatic amines is 1. The van der Waals surface area contributed by atoms with E-state index in [0.29, 0.717) is 26.2 Å². The lowest BCUT2D eigenvalue weighted by molar-refractivity contribution is 0.362. The maximum atomic E-state index is 11.9. The van der Waals surface area contributed by atoms with E-state index in [4.69, 9.17) is 0 Å². The van der Waals surface area contributed by atoms with E-state index >= 15 is 0 Å². The Balaban J connectivity index is 2.11. The van der Waals surface area contributed by atoms with Crippen LogP contribution in [0.3, 0.4) is 0 Å². The van der Waals surface area contributed by atoms with Gasteiger partial charge >= 0.3 is 10.2 Å². The Kier molecular flexibility index (Phi) is 3.41. The van der Waals surface area contributed by atoms with Crippen LogP contribution in [0.15, 0.2) is 16.9 Å². The van der Waals surface area contributed by atoms with Crippen molar-refractivity contribution < 1.29 is 8.42 Å². The number of rotatable bonds is 3. The summed E-state index contributed by atoms with van der Waals surface area (Å²) >= 11 is 0. The molecule has 0 spiro atoms. The van der Waals surface area contributed by atoms with Crippen molar-refractivity contribution in [3.05, 3.63) is 22.5 Å². The Labute approximate surface area is 98.2 Å². The summed E-state index contributed by atoms with van der Waals surface area (Å²) in [4.78, 5) is 10.8. The highest BCUT2D eigenvalue weighted by atomic mass is 32.2. The van der Waals surface area contributed by atoms with E-state index in [-0.39, 0.29) is 11.4 Å². The summed E-state index contributed by atoms with van der Waals surface area (Å²) in [7, 11) is -3.59. The maximum absolute atomic E-state index is 11.9. The van der Waals surface area contributed by atoms with Crippen molar-refractivity contribution >= 4 is 16.0 Å². The molecule has 17 heavy (non-hydrogen) atoms. The molecule has 0 unspecified atom stereocenters. The first-order valence-corrected chi connectivity index (χ1v) is 6.56. The maximum Gasteiger partial charge on any atom is 0.302 e. The van der Waals surface area contributed by atoms with Gasteiger partial charge in [0.2, 0.25) is 0 Å². The molecule has 3 N–H and O–H groups in total. The second-order valence-electron chi connectivity index (χ2n) is 3.56. The highest BCUT2D eigenvalue weighted by molar-refractivity contribution is 7.90. The molecule has 0 aliphatic carbocycles.